The summed E-state index contributed by atoms with van der Waals surface area (Å²) in [5.41, 5.74) is -0.863. The molecule has 1 aromatic rings. The molecule has 5 heteroatoms. The first-order chi connectivity index (χ1) is 14.8. The average Bonchev–Trinajstić information content (AvgIpc) is 2.72. The Morgan fingerprint density at radius 3 is 1.74 bits per heavy atom. The largest absolute Gasteiger partial charge is 0.353 e. The molecule has 1 aromatic carbocycles. The van der Waals surface area contributed by atoms with Crippen molar-refractivity contribution in [3.05, 3.63) is 47.0 Å². The lowest BCUT2D eigenvalue weighted by Crippen LogP contribution is -2.18. The van der Waals surface area contributed by atoms with Gasteiger partial charge in [0, 0.05) is 0 Å². The first kappa shape index (κ1) is 24.6. The van der Waals surface area contributed by atoms with Crippen molar-refractivity contribution >= 4 is 11.6 Å². The van der Waals surface area contributed by atoms with Gasteiger partial charge in [-0.15, -0.1) is 0 Å². The van der Waals surface area contributed by atoms with Crippen LogP contribution in [0.15, 0.2) is 24.3 Å². The second-order valence-electron chi connectivity index (χ2n) is 9.69. The van der Waals surface area contributed by atoms with E-state index in [1.165, 1.54) is 51.4 Å². The summed E-state index contributed by atoms with van der Waals surface area (Å²) in [6.45, 7) is 2.08. The molecule has 31 heavy (non-hydrogen) atoms. The number of hydrogen-bond donors (Lipinski definition) is 0. The molecule has 0 saturated heterocycles. The van der Waals surface area contributed by atoms with Crippen molar-refractivity contribution in [2.45, 2.75) is 95.3 Å². The Balaban J connectivity index is 1.42. The van der Waals surface area contributed by atoms with Crippen molar-refractivity contribution in [3.63, 3.8) is 0 Å². The summed E-state index contributed by atoms with van der Waals surface area (Å²) in [4.78, 5) is 0. The van der Waals surface area contributed by atoms with E-state index < -0.39 is 22.6 Å². The van der Waals surface area contributed by atoms with Crippen molar-refractivity contribution in [3.8, 4) is 0 Å². The van der Waals surface area contributed by atoms with E-state index >= 15 is 0 Å². The van der Waals surface area contributed by atoms with Crippen LogP contribution in [0.3, 0.4) is 0 Å². The molecular weight excluding hydrogens is 424 g/mol. The Morgan fingerprint density at radius 2 is 1.29 bits per heavy atom. The highest BCUT2D eigenvalue weighted by Crippen LogP contribution is 2.42. The molecule has 2 saturated carbocycles. The third kappa shape index (κ3) is 6.97. The summed E-state index contributed by atoms with van der Waals surface area (Å²) in [6.07, 6.45) is 18.7. The fourth-order valence-corrected chi connectivity index (χ4v) is 5.84. The topological polar surface area (TPSA) is 0 Å². The molecular formula is C26H35ClF4. The molecule has 2 fully saturated rings. The van der Waals surface area contributed by atoms with Crippen LogP contribution in [0, 0.1) is 29.4 Å². The molecule has 2 aliphatic rings. The highest BCUT2D eigenvalue weighted by atomic mass is 35.5. The Bertz CT molecular complexity index is 700. The smallest absolute Gasteiger partial charge is 0.206 e. The van der Waals surface area contributed by atoms with E-state index in [1.807, 2.05) is 0 Å². The van der Waals surface area contributed by atoms with E-state index in [4.69, 9.17) is 11.6 Å². The van der Waals surface area contributed by atoms with Gasteiger partial charge in [0.1, 0.15) is 17.2 Å². The maximum absolute atomic E-state index is 14.1. The third-order valence-corrected chi connectivity index (χ3v) is 7.78. The molecule has 0 aromatic heterocycles. The van der Waals surface area contributed by atoms with Gasteiger partial charge in [0.25, 0.3) is 0 Å². The van der Waals surface area contributed by atoms with Crippen LogP contribution in [0.1, 0.15) is 101 Å². The van der Waals surface area contributed by atoms with Crippen LogP contribution in [0.4, 0.5) is 17.6 Å². The molecule has 0 unspecified atom stereocenters. The molecule has 0 N–H and O–H groups in total. The van der Waals surface area contributed by atoms with Crippen molar-refractivity contribution in [1.82, 2.24) is 0 Å². The highest BCUT2D eigenvalue weighted by molar-refractivity contribution is 6.21. The van der Waals surface area contributed by atoms with E-state index in [2.05, 4.69) is 19.1 Å². The number of hydrogen-bond acceptors (Lipinski definition) is 0. The minimum atomic E-state index is -4.03. The van der Waals surface area contributed by atoms with Crippen LogP contribution in [0.25, 0.3) is 0 Å². The molecule has 0 atom stereocenters. The van der Waals surface area contributed by atoms with Crippen molar-refractivity contribution in [1.29, 1.82) is 0 Å². The van der Waals surface area contributed by atoms with E-state index in [9.17, 15) is 17.6 Å². The molecule has 3 rings (SSSR count). The summed E-state index contributed by atoms with van der Waals surface area (Å²) >= 11 is 4.85. The Kier molecular flexibility index (Phi) is 8.90. The van der Waals surface area contributed by atoms with Gasteiger partial charge in [0.05, 0.1) is 0 Å². The van der Waals surface area contributed by atoms with Crippen molar-refractivity contribution in [2.24, 2.45) is 17.8 Å². The second-order valence-corrected chi connectivity index (χ2v) is 10.2. The zero-order valence-electron chi connectivity index (χ0n) is 18.5. The van der Waals surface area contributed by atoms with Crippen LogP contribution in [-0.2, 0) is 5.38 Å². The van der Waals surface area contributed by atoms with E-state index in [0.29, 0.717) is 11.5 Å². The van der Waals surface area contributed by atoms with Gasteiger partial charge in [-0.2, -0.15) is 8.78 Å². The zero-order chi connectivity index (χ0) is 22.4. The molecule has 0 bridgehead atoms. The molecule has 0 heterocycles. The van der Waals surface area contributed by atoms with Gasteiger partial charge in [-0.25, -0.2) is 8.78 Å². The van der Waals surface area contributed by atoms with Gasteiger partial charge in [-0.05, 0) is 98.4 Å². The lowest BCUT2D eigenvalue weighted by molar-refractivity contribution is 0.0857. The fraction of sp³-hybridized carbons (Fsp3) is 0.692. The van der Waals surface area contributed by atoms with Crippen LogP contribution in [0.2, 0.25) is 0 Å². The molecule has 0 radical (unpaired) electrons. The Labute approximate surface area is 189 Å². The standard InChI is InChI=1S/C26H35ClF4/c1-2-3-4-5-18-6-8-19(9-7-18)10-11-20-12-14-21(15-13-20)22-16-23(28)25(24(29)17-22)26(27,30)31/h2-3,16-21H,4-15H2,1H3. The predicted molar refractivity (Wildman–Crippen MR) is 120 cm³/mol. The minimum absolute atomic E-state index is 0.0332. The minimum Gasteiger partial charge on any atom is -0.206 e. The summed E-state index contributed by atoms with van der Waals surface area (Å²) in [6, 6.07) is 2.10. The van der Waals surface area contributed by atoms with E-state index in [1.54, 1.807) is 0 Å². The quantitative estimate of drug-likeness (QED) is 0.206. The molecule has 0 spiro atoms. The molecule has 0 aliphatic heterocycles. The Morgan fingerprint density at radius 1 is 0.839 bits per heavy atom. The Hall–Kier alpha value is -1.03. The van der Waals surface area contributed by atoms with Crippen LogP contribution in [0.5, 0.6) is 0 Å². The second kappa shape index (κ2) is 11.2. The SMILES string of the molecule is CC=CCCC1CCC(CCC2CCC(c3cc(F)c(C(F)(F)Cl)c(F)c3)CC2)CC1. The summed E-state index contributed by atoms with van der Waals surface area (Å²) in [5.74, 6) is -0.0509. The van der Waals surface area contributed by atoms with E-state index in [0.717, 1.165) is 49.7 Å². The molecule has 0 nitrogen and oxygen atoms in total. The maximum atomic E-state index is 14.1. The van der Waals surface area contributed by atoms with Gasteiger partial charge < -0.3 is 0 Å². The normalized spacial score (nSPS) is 27.7. The summed E-state index contributed by atoms with van der Waals surface area (Å²) in [7, 11) is 0. The number of alkyl halides is 3. The molecule has 174 valence electrons. The average molecular weight is 459 g/mol. The van der Waals surface area contributed by atoms with Gasteiger partial charge in [-0.1, -0.05) is 50.7 Å². The summed E-state index contributed by atoms with van der Waals surface area (Å²) in [5, 5.41) is -4.03. The number of rotatable bonds is 8. The molecule has 2 aliphatic carbocycles. The van der Waals surface area contributed by atoms with Crippen LogP contribution in [-0.4, -0.2) is 0 Å². The van der Waals surface area contributed by atoms with Gasteiger partial charge in [0.15, 0.2) is 0 Å². The van der Waals surface area contributed by atoms with Gasteiger partial charge in [0.2, 0.25) is 0 Å². The lowest BCUT2D eigenvalue weighted by atomic mass is 9.74. The van der Waals surface area contributed by atoms with Gasteiger partial charge in [-0.3, -0.25) is 0 Å². The molecule has 0 amide bonds. The highest BCUT2D eigenvalue weighted by Gasteiger charge is 2.36. The predicted octanol–water partition coefficient (Wildman–Crippen LogP) is 9.47. The number of allylic oxidation sites excluding steroid dienone is 2. The number of benzene rings is 1. The lowest BCUT2D eigenvalue weighted by Gasteiger charge is -2.32. The van der Waals surface area contributed by atoms with Crippen molar-refractivity contribution < 1.29 is 17.6 Å². The van der Waals surface area contributed by atoms with Gasteiger partial charge >= 0.3 is 5.38 Å². The zero-order valence-corrected chi connectivity index (χ0v) is 19.2. The fourth-order valence-electron chi connectivity index (χ4n) is 5.66. The monoisotopic (exact) mass is 458 g/mol. The van der Waals surface area contributed by atoms with E-state index in [-0.39, 0.29) is 5.92 Å². The number of halogens is 5. The first-order valence-electron chi connectivity index (χ1n) is 11.9. The van der Waals surface area contributed by atoms with Crippen LogP contribution >= 0.6 is 11.6 Å². The van der Waals surface area contributed by atoms with Crippen LogP contribution < -0.4 is 0 Å². The maximum Gasteiger partial charge on any atom is 0.353 e. The summed E-state index contributed by atoms with van der Waals surface area (Å²) < 4.78 is 54.6. The first-order valence-corrected chi connectivity index (χ1v) is 12.3. The third-order valence-electron chi connectivity index (χ3n) is 7.59. The van der Waals surface area contributed by atoms with Crippen molar-refractivity contribution in [2.75, 3.05) is 0 Å².